The van der Waals surface area contributed by atoms with Crippen molar-refractivity contribution in [3.05, 3.63) is 29.7 Å². The Morgan fingerprint density at radius 3 is 3.12 bits per heavy atom. The molecule has 0 saturated carbocycles. The first-order valence-electron chi connectivity index (χ1n) is 6.08. The predicted octanol–water partition coefficient (Wildman–Crippen LogP) is 2.09. The van der Waals surface area contributed by atoms with Gasteiger partial charge in [0.25, 0.3) is 0 Å². The molecule has 3 nitrogen and oxygen atoms in total. The van der Waals surface area contributed by atoms with Crippen molar-refractivity contribution in [2.45, 2.75) is 19.9 Å². The van der Waals surface area contributed by atoms with Crippen molar-refractivity contribution in [1.82, 2.24) is 15.1 Å². The van der Waals surface area contributed by atoms with E-state index in [0.29, 0.717) is 11.4 Å². The standard InChI is InChI=1S/C13H16FN3/c1-9-11-3-2-4-12(14)13(11)16-17(9)8-10-5-6-15-7-10/h2-4,10,15H,5-8H2,1H3. The third-order valence-corrected chi connectivity index (χ3v) is 3.58. The number of rotatable bonds is 2. The molecule has 1 saturated heterocycles. The monoisotopic (exact) mass is 233 g/mol. The Kier molecular flexibility index (Phi) is 2.59. The number of nitrogens with one attached hydrogen (secondary N) is 1. The minimum Gasteiger partial charge on any atom is -0.316 e. The molecule has 17 heavy (non-hydrogen) atoms. The van der Waals surface area contributed by atoms with Gasteiger partial charge in [0.15, 0.2) is 5.82 Å². The van der Waals surface area contributed by atoms with Crippen LogP contribution in [0.25, 0.3) is 10.9 Å². The van der Waals surface area contributed by atoms with Crippen molar-refractivity contribution < 1.29 is 4.39 Å². The van der Waals surface area contributed by atoms with Crippen LogP contribution in [0.3, 0.4) is 0 Å². The van der Waals surface area contributed by atoms with Gasteiger partial charge < -0.3 is 5.32 Å². The first kappa shape index (κ1) is 10.7. The molecule has 3 rings (SSSR count). The molecule has 0 spiro atoms. The summed E-state index contributed by atoms with van der Waals surface area (Å²) in [6.07, 6.45) is 1.18. The summed E-state index contributed by atoms with van der Waals surface area (Å²) in [6.45, 7) is 5.01. The maximum Gasteiger partial charge on any atom is 0.151 e. The molecule has 1 unspecified atom stereocenters. The molecule has 1 atom stereocenters. The van der Waals surface area contributed by atoms with E-state index < -0.39 is 0 Å². The highest BCUT2D eigenvalue weighted by molar-refractivity contribution is 5.81. The Bertz CT molecular complexity index is 541. The predicted molar refractivity (Wildman–Crippen MR) is 65.4 cm³/mol. The largest absolute Gasteiger partial charge is 0.316 e. The lowest BCUT2D eigenvalue weighted by atomic mass is 10.1. The summed E-state index contributed by atoms with van der Waals surface area (Å²) < 4.78 is 15.6. The fourth-order valence-electron chi connectivity index (χ4n) is 2.54. The average molecular weight is 233 g/mol. The van der Waals surface area contributed by atoms with Crippen molar-refractivity contribution in [2.24, 2.45) is 5.92 Å². The number of benzene rings is 1. The van der Waals surface area contributed by atoms with Crippen LogP contribution in [0.4, 0.5) is 4.39 Å². The van der Waals surface area contributed by atoms with Gasteiger partial charge in [-0.15, -0.1) is 0 Å². The highest BCUT2D eigenvalue weighted by Gasteiger charge is 2.18. The van der Waals surface area contributed by atoms with E-state index in [1.54, 1.807) is 6.07 Å². The smallest absolute Gasteiger partial charge is 0.151 e. The molecule has 1 fully saturated rings. The van der Waals surface area contributed by atoms with Crippen LogP contribution in [0.2, 0.25) is 0 Å². The van der Waals surface area contributed by atoms with E-state index in [4.69, 9.17) is 0 Å². The van der Waals surface area contributed by atoms with Crippen molar-refractivity contribution in [2.75, 3.05) is 13.1 Å². The zero-order valence-corrected chi connectivity index (χ0v) is 9.91. The molecule has 0 aliphatic carbocycles. The number of halogens is 1. The Balaban J connectivity index is 1.99. The number of hydrogen-bond donors (Lipinski definition) is 1. The molecule has 1 aromatic carbocycles. The van der Waals surface area contributed by atoms with Gasteiger partial charge in [-0.1, -0.05) is 12.1 Å². The second kappa shape index (κ2) is 4.11. The molecular weight excluding hydrogens is 217 g/mol. The summed E-state index contributed by atoms with van der Waals surface area (Å²) in [7, 11) is 0. The normalized spacial score (nSPS) is 20.2. The average Bonchev–Trinajstić information content (AvgIpc) is 2.92. The van der Waals surface area contributed by atoms with Crippen LogP contribution in [0.15, 0.2) is 18.2 Å². The van der Waals surface area contributed by atoms with Gasteiger partial charge in [-0.05, 0) is 38.4 Å². The van der Waals surface area contributed by atoms with E-state index in [1.165, 1.54) is 12.5 Å². The van der Waals surface area contributed by atoms with Gasteiger partial charge in [0, 0.05) is 17.6 Å². The van der Waals surface area contributed by atoms with Crippen molar-refractivity contribution in [1.29, 1.82) is 0 Å². The number of aromatic nitrogens is 2. The van der Waals surface area contributed by atoms with E-state index in [0.717, 1.165) is 30.7 Å². The maximum absolute atomic E-state index is 13.6. The van der Waals surface area contributed by atoms with E-state index in [2.05, 4.69) is 10.4 Å². The highest BCUT2D eigenvalue weighted by atomic mass is 19.1. The van der Waals surface area contributed by atoms with Gasteiger partial charge in [0.2, 0.25) is 0 Å². The number of nitrogens with zero attached hydrogens (tertiary/aromatic N) is 2. The van der Waals surface area contributed by atoms with Gasteiger partial charge in [0.1, 0.15) is 5.52 Å². The fourth-order valence-corrected chi connectivity index (χ4v) is 2.54. The maximum atomic E-state index is 13.6. The zero-order chi connectivity index (χ0) is 11.8. The molecule has 4 heteroatoms. The molecule has 0 bridgehead atoms. The second-order valence-corrected chi connectivity index (χ2v) is 4.76. The summed E-state index contributed by atoms with van der Waals surface area (Å²) in [4.78, 5) is 0. The number of fused-ring (bicyclic) bond motifs is 1. The van der Waals surface area contributed by atoms with Gasteiger partial charge in [-0.3, -0.25) is 4.68 Å². The quantitative estimate of drug-likeness (QED) is 0.860. The summed E-state index contributed by atoms with van der Waals surface area (Å²) >= 11 is 0. The van der Waals surface area contributed by atoms with Crippen molar-refractivity contribution in [3.63, 3.8) is 0 Å². The Hall–Kier alpha value is -1.42. The van der Waals surface area contributed by atoms with Crippen LogP contribution in [-0.4, -0.2) is 22.9 Å². The molecule has 0 amide bonds. The zero-order valence-electron chi connectivity index (χ0n) is 9.91. The minimum atomic E-state index is -0.228. The van der Waals surface area contributed by atoms with Crippen molar-refractivity contribution in [3.8, 4) is 0 Å². The third-order valence-electron chi connectivity index (χ3n) is 3.58. The fraction of sp³-hybridized carbons (Fsp3) is 0.462. The summed E-state index contributed by atoms with van der Waals surface area (Å²) in [5, 5.41) is 8.66. The first-order chi connectivity index (χ1) is 8.25. The molecule has 90 valence electrons. The number of hydrogen-bond acceptors (Lipinski definition) is 2. The Morgan fingerprint density at radius 1 is 1.53 bits per heavy atom. The Labute approximate surface area is 99.6 Å². The molecule has 2 aromatic rings. The van der Waals surface area contributed by atoms with E-state index in [9.17, 15) is 4.39 Å². The lowest BCUT2D eigenvalue weighted by molar-refractivity contribution is 0.444. The van der Waals surface area contributed by atoms with E-state index in [1.807, 2.05) is 17.7 Å². The van der Waals surface area contributed by atoms with E-state index in [-0.39, 0.29) is 5.82 Å². The van der Waals surface area contributed by atoms with Crippen LogP contribution in [0, 0.1) is 18.7 Å². The number of aryl methyl sites for hydroxylation is 1. The first-order valence-corrected chi connectivity index (χ1v) is 6.08. The van der Waals surface area contributed by atoms with Crippen LogP contribution in [0.5, 0.6) is 0 Å². The van der Waals surface area contributed by atoms with Gasteiger partial charge in [-0.25, -0.2) is 4.39 Å². The molecule has 1 aliphatic rings. The van der Waals surface area contributed by atoms with Crippen LogP contribution >= 0.6 is 0 Å². The van der Waals surface area contributed by atoms with Gasteiger partial charge in [0.05, 0.1) is 0 Å². The van der Waals surface area contributed by atoms with Gasteiger partial charge >= 0.3 is 0 Å². The van der Waals surface area contributed by atoms with E-state index >= 15 is 0 Å². The molecular formula is C13H16FN3. The summed E-state index contributed by atoms with van der Waals surface area (Å²) in [6, 6.07) is 5.15. The topological polar surface area (TPSA) is 29.9 Å². The SMILES string of the molecule is Cc1c2cccc(F)c2nn1CC1CCNC1. The highest BCUT2D eigenvalue weighted by Crippen LogP contribution is 2.22. The third kappa shape index (κ3) is 1.82. The lowest BCUT2D eigenvalue weighted by Gasteiger charge is -2.09. The molecule has 0 radical (unpaired) electrons. The second-order valence-electron chi connectivity index (χ2n) is 4.76. The molecule has 1 aromatic heterocycles. The van der Waals surface area contributed by atoms with Crippen LogP contribution < -0.4 is 5.32 Å². The molecule has 1 aliphatic heterocycles. The summed E-state index contributed by atoms with van der Waals surface area (Å²) in [5.74, 6) is 0.389. The molecule has 2 heterocycles. The molecule has 1 N–H and O–H groups in total. The van der Waals surface area contributed by atoms with Gasteiger partial charge in [-0.2, -0.15) is 5.10 Å². The Morgan fingerprint density at radius 2 is 2.41 bits per heavy atom. The minimum absolute atomic E-state index is 0.228. The van der Waals surface area contributed by atoms with Crippen LogP contribution in [-0.2, 0) is 6.54 Å². The van der Waals surface area contributed by atoms with Crippen LogP contribution in [0.1, 0.15) is 12.1 Å². The lowest BCUT2D eigenvalue weighted by Crippen LogP contribution is -2.16. The summed E-state index contributed by atoms with van der Waals surface area (Å²) in [5.41, 5.74) is 1.56. The van der Waals surface area contributed by atoms with Crippen molar-refractivity contribution >= 4 is 10.9 Å².